The van der Waals surface area contributed by atoms with E-state index in [1.807, 2.05) is 0 Å². The largest absolute Gasteiger partial charge is 0.491 e. The van der Waals surface area contributed by atoms with E-state index in [0.717, 1.165) is 29.5 Å². The van der Waals surface area contributed by atoms with Crippen LogP contribution in [0, 0.1) is 11.6 Å². The number of hydrogen-bond acceptors (Lipinski definition) is 11. The number of para-hydroxylation sites is 2. The van der Waals surface area contributed by atoms with Crippen LogP contribution in [0.4, 0.5) is 38.6 Å². The number of thiazole rings is 1. The van der Waals surface area contributed by atoms with E-state index in [1.165, 1.54) is 40.8 Å². The van der Waals surface area contributed by atoms with E-state index in [0.29, 0.717) is 18.5 Å². The molecule has 2 aromatic carbocycles. The van der Waals surface area contributed by atoms with E-state index in [9.17, 15) is 40.0 Å². The number of esters is 1. The van der Waals surface area contributed by atoms with Gasteiger partial charge in [0.2, 0.25) is 15.8 Å². The van der Waals surface area contributed by atoms with E-state index in [4.69, 9.17) is 5.73 Å². The van der Waals surface area contributed by atoms with Gasteiger partial charge in [-0.15, -0.1) is 0 Å². The van der Waals surface area contributed by atoms with Gasteiger partial charge in [-0.25, -0.2) is 27.0 Å². The van der Waals surface area contributed by atoms with Crippen molar-refractivity contribution in [2.24, 2.45) is 0 Å². The zero-order valence-electron chi connectivity index (χ0n) is 24.8. The molecule has 0 spiro atoms. The molecule has 1 aliphatic rings. The van der Waals surface area contributed by atoms with Crippen molar-refractivity contribution in [3.8, 4) is 5.75 Å². The number of sulfonamides is 1. The zero-order chi connectivity index (χ0) is 34.6. The Morgan fingerprint density at radius 3 is 2.35 bits per heavy atom. The van der Waals surface area contributed by atoms with Crippen molar-refractivity contribution in [2.75, 3.05) is 36.0 Å². The summed E-state index contributed by atoms with van der Waals surface area (Å²) in [4.78, 5) is 32.2. The number of nitrogens with zero attached hydrogens (tertiary/aromatic N) is 3. The minimum absolute atomic E-state index is 0.0220. The highest BCUT2D eigenvalue weighted by Gasteiger charge is 2.41. The lowest BCUT2D eigenvalue weighted by Gasteiger charge is -2.31. The fourth-order valence-corrected chi connectivity index (χ4v) is 7.17. The first kappa shape index (κ1) is 34.6. The molecule has 18 heteroatoms. The lowest BCUT2D eigenvalue weighted by Crippen LogP contribution is -2.42. The summed E-state index contributed by atoms with van der Waals surface area (Å²) in [7, 11) is -3.88. The number of benzene rings is 2. The molecule has 254 valence electrons. The Hall–Kier alpha value is -4.68. The van der Waals surface area contributed by atoms with Gasteiger partial charge in [-0.3, -0.25) is 9.78 Å². The van der Waals surface area contributed by atoms with Crippen LogP contribution in [-0.4, -0.2) is 66.3 Å². The fourth-order valence-electron chi connectivity index (χ4n) is 4.84. The van der Waals surface area contributed by atoms with Crippen molar-refractivity contribution < 1.29 is 44.7 Å². The van der Waals surface area contributed by atoms with Crippen molar-refractivity contribution in [3.63, 3.8) is 0 Å². The highest BCUT2D eigenvalue weighted by atomic mass is 32.2. The topological polar surface area (TPSA) is 157 Å². The third-order valence-corrected chi connectivity index (χ3v) is 10.2. The number of alkyl halides is 3. The Balaban J connectivity index is 1.13. The number of ketones is 1. The number of hydrogen-bond donors (Lipinski definition) is 3. The smallest absolute Gasteiger partial charge is 0.418 e. The van der Waals surface area contributed by atoms with Crippen molar-refractivity contribution in [1.82, 2.24) is 14.3 Å². The molecule has 0 bridgehead atoms. The van der Waals surface area contributed by atoms with Gasteiger partial charge >= 0.3 is 12.1 Å². The summed E-state index contributed by atoms with van der Waals surface area (Å²) in [5, 5.41) is 6.26. The number of rotatable bonds is 11. The minimum Gasteiger partial charge on any atom is -0.418 e. The predicted molar refractivity (Wildman–Crippen MR) is 166 cm³/mol. The van der Waals surface area contributed by atoms with Crippen molar-refractivity contribution in [1.29, 1.82) is 0 Å². The highest BCUT2D eigenvalue weighted by Crippen LogP contribution is 2.31. The Bertz CT molecular complexity index is 1890. The molecule has 3 heterocycles. The van der Waals surface area contributed by atoms with Gasteiger partial charge in [0, 0.05) is 44.0 Å². The summed E-state index contributed by atoms with van der Waals surface area (Å²) >= 11 is 0.851. The van der Waals surface area contributed by atoms with Crippen LogP contribution in [0.2, 0.25) is 0 Å². The van der Waals surface area contributed by atoms with Crippen LogP contribution in [0.1, 0.15) is 33.8 Å². The normalized spacial score (nSPS) is 14.4. The minimum atomic E-state index is -5.15. The second kappa shape index (κ2) is 14.2. The summed E-state index contributed by atoms with van der Waals surface area (Å²) in [5.74, 6) is -5.78. The van der Waals surface area contributed by atoms with E-state index in [1.54, 1.807) is 6.07 Å². The number of ether oxygens (including phenoxy) is 1. The molecular formula is C30H27F5N6O5S2. The fraction of sp³-hybridized carbons (Fsp3) is 0.267. The second-order valence-electron chi connectivity index (χ2n) is 10.5. The van der Waals surface area contributed by atoms with Crippen LogP contribution in [-0.2, 0) is 21.2 Å². The molecule has 0 saturated carbocycles. The van der Waals surface area contributed by atoms with Crippen molar-refractivity contribution in [2.45, 2.75) is 36.4 Å². The van der Waals surface area contributed by atoms with Crippen LogP contribution in [0.25, 0.3) is 0 Å². The predicted octanol–water partition coefficient (Wildman–Crippen LogP) is 5.02. The summed E-state index contributed by atoms with van der Waals surface area (Å²) in [6.07, 6.45) is -2.86. The van der Waals surface area contributed by atoms with Crippen LogP contribution >= 0.6 is 11.3 Å². The molecule has 1 fully saturated rings. The van der Waals surface area contributed by atoms with Gasteiger partial charge in [0.1, 0.15) is 27.2 Å². The second-order valence-corrected chi connectivity index (χ2v) is 13.5. The van der Waals surface area contributed by atoms with E-state index in [2.05, 4.69) is 25.3 Å². The Kier molecular flexibility index (Phi) is 10.3. The SMILES string of the molecule is Nc1nc(NC2CCN(S(=O)(=O)c3ccc(CCNc4ccccc4OC(=O)C(F)(F)F)nc3)CC2)sc1C(=O)c1c(F)cccc1F. The standard InChI is InChI=1S/C30H27F5N6O5S2/c31-20-4-3-5-21(32)24(20)25(42)26-27(36)40-29(47-26)39-18-11-14-41(15-12-18)48(44,45)19-9-8-17(38-16-19)10-13-37-22-6-1-2-7-23(22)46-28(43)30(33,34)35/h1-9,16,18,37H,10-15,36H2,(H,39,40). The van der Waals surface area contributed by atoms with Crippen LogP contribution < -0.4 is 21.1 Å². The maximum absolute atomic E-state index is 14.1. The van der Waals surface area contributed by atoms with Crippen molar-refractivity contribution in [3.05, 3.63) is 88.6 Å². The molecule has 5 rings (SSSR count). The zero-order valence-corrected chi connectivity index (χ0v) is 26.4. The first-order chi connectivity index (χ1) is 22.7. The molecular weight excluding hydrogens is 683 g/mol. The van der Waals surface area contributed by atoms with E-state index < -0.39 is 45.2 Å². The number of halogens is 5. The number of pyridine rings is 1. The average Bonchev–Trinajstić information content (AvgIpc) is 3.41. The molecule has 0 atom stereocenters. The highest BCUT2D eigenvalue weighted by molar-refractivity contribution is 7.89. The number of nitrogen functional groups attached to an aromatic ring is 1. The number of nitrogens with two attached hydrogens (primary N) is 1. The number of aromatic nitrogens is 2. The Morgan fingerprint density at radius 2 is 1.71 bits per heavy atom. The molecule has 4 aromatic rings. The van der Waals surface area contributed by atoms with Gasteiger partial charge in [0.15, 0.2) is 10.9 Å². The number of anilines is 3. The van der Waals surface area contributed by atoms with Crippen LogP contribution in [0.5, 0.6) is 5.75 Å². The van der Waals surface area contributed by atoms with Gasteiger partial charge in [-0.1, -0.05) is 29.5 Å². The third-order valence-electron chi connectivity index (χ3n) is 7.28. The van der Waals surface area contributed by atoms with E-state index >= 15 is 0 Å². The Morgan fingerprint density at radius 1 is 1.02 bits per heavy atom. The quantitative estimate of drug-likeness (QED) is 0.0837. The summed E-state index contributed by atoms with van der Waals surface area (Å²) < 4.78 is 98.3. The molecule has 0 unspecified atom stereocenters. The molecule has 1 saturated heterocycles. The van der Waals surface area contributed by atoms with Gasteiger partial charge in [-0.05, 0) is 49.2 Å². The van der Waals surface area contributed by atoms with Crippen LogP contribution in [0.15, 0.2) is 65.7 Å². The van der Waals surface area contributed by atoms with Crippen molar-refractivity contribution >= 4 is 49.7 Å². The maximum Gasteiger partial charge on any atom is 0.491 e. The molecule has 11 nitrogen and oxygen atoms in total. The molecule has 4 N–H and O–H groups in total. The summed E-state index contributed by atoms with van der Waals surface area (Å²) in [6, 6.07) is 11.4. The number of carbonyl (C=O) groups excluding carboxylic acids is 2. The first-order valence-corrected chi connectivity index (χ1v) is 16.6. The van der Waals surface area contributed by atoms with E-state index in [-0.39, 0.29) is 64.3 Å². The molecule has 0 radical (unpaired) electrons. The number of nitrogens with one attached hydrogen (secondary N) is 2. The van der Waals surface area contributed by atoms with Crippen LogP contribution in [0.3, 0.4) is 0 Å². The molecule has 0 aliphatic carbocycles. The lowest BCUT2D eigenvalue weighted by atomic mass is 10.1. The van der Waals surface area contributed by atoms with Gasteiger partial charge < -0.3 is 21.1 Å². The third kappa shape index (κ3) is 7.88. The summed E-state index contributed by atoms with van der Waals surface area (Å²) in [5.41, 5.74) is 5.82. The molecule has 0 amide bonds. The number of piperidine rings is 1. The molecule has 2 aromatic heterocycles. The molecule has 1 aliphatic heterocycles. The summed E-state index contributed by atoms with van der Waals surface area (Å²) in [6.45, 7) is 0.523. The number of carbonyl (C=O) groups is 2. The first-order valence-electron chi connectivity index (χ1n) is 14.3. The van der Waals surface area contributed by atoms with Gasteiger partial charge in [0.25, 0.3) is 0 Å². The average molecular weight is 711 g/mol. The Labute approximate surface area is 275 Å². The molecule has 48 heavy (non-hydrogen) atoms. The van der Waals surface area contributed by atoms with Gasteiger partial charge in [-0.2, -0.15) is 17.5 Å². The maximum atomic E-state index is 14.1. The van der Waals surface area contributed by atoms with Gasteiger partial charge in [0.05, 0.1) is 11.3 Å². The monoisotopic (exact) mass is 710 g/mol. The lowest BCUT2D eigenvalue weighted by molar-refractivity contribution is -0.189.